The minimum absolute atomic E-state index is 0.0823. The second-order valence-electron chi connectivity index (χ2n) is 4.64. The Morgan fingerprint density at radius 1 is 1.25 bits per heavy atom. The van der Waals surface area contributed by atoms with Gasteiger partial charge in [-0.3, -0.25) is 11.3 Å². The molecule has 0 bridgehead atoms. The van der Waals surface area contributed by atoms with Gasteiger partial charge in [0.05, 0.1) is 6.04 Å². The van der Waals surface area contributed by atoms with Crippen LogP contribution in [-0.2, 0) is 6.42 Å². The lowest BCUT2D eigenvalue weighted by molar-refractivity contribution is 0.552. The van der Waals surface area contributed by atoms with Gasteiger partial charge in [0, 0.05) is 14.5 Å². The molecule has 0 aliphatic rings. The summed E-state index contributed by atoms with van der Waals surface area (Å²) in [6.45, 7) is 1.98. The molecule has 0 aliphatic carbocycles. The van der Waals surface area contributed by atoms with E-state index in [1.165, 1.54) is 0 Å². The number of rotatable bonds is 4. The second kappa shape index (κ2) is 6.92. The average Bonchev–Trinajstić information content (AvgIpc) is 2.42. The van der Waals surface area contributed by atoms with Crippen LogP contribution in [0.1, 0.15) is 22.7 Å². The first-order valence-corrected chi connectivity index (χ1v) is 7.73. The maximum absolute atomic E-state index is 6.36. The predicted molar refractivity (Wildman–Crippen MR) is 89.1 cm³/mol. The monoisotopic (exact) mass is 372 g/mol. The molecule has 2 nitrogen and oxygen atoms in total. The molecule has 3 N–H and O–H groups in total. The molecule has 0 radical (unpaired) electrons. The van der Waals surface area contributed by atoms with Crippen LogP contribution >= 0.6 is 39.1 Å². The lowest BCUT2D eigenvalue weighted by atomic mass is 9.98. The Morgan fingerprint density at radius 2 is 2.00 bits per heavy atom. The Labute approximate surface area is 137 Å². The molecule has 106 valence electrons. The third-order valence-corrected chi connectivity index (χ3v) is 4.60. The lowest BCUT2D eigenvalue weighted by Crippen LogP contribution is -2.30. The first kappa shape index (κ1) is 15.8. The molecule has 1 atom stereocenters. The maximum atomic E-state index is 6.36. The van der Waals surface area contributed by atoms with Crippen LogP contribution in [0, 0.1) is 6.92 Å². The Hall–Kier alpha value is -0.580. The Morgan fingerprint density at radius 3 is 2.65 bits per heavy atom. The number of halogens is 3. The molecule has 0 amide bonds. The minimum atomic E-state index is -0.0823. The van der Waals surface area contributed by atoms with Crippen LogP contribution in [0.3, 0.4) is 0 Å². The van der Waals surface area contributed by atoms with E-state index in [0.29, 0.717) is 11.4 Å². The van der Waals surface area contributed by atoms with Gasteiger partial charge < -0.3 is 0 Å². The van der Waals surface area contributed by atoms with Crippen molar-refractivity contribution in [3.63, 3.8) is 0 Å². The molecule has 0 spiro atoms. The third-order valence-electron chi connectivity index (χ3n) is 3.24. The van der Waals surface area contributed by atoms with Crippen molar-refractivity contribution < 1.29 is 0 Å². The topological polar surface area (TPSA) is 38.0 Å². The van der Waals surface area contributed by atoms with E-state index < -0.39 is 0 Å². The number of benzene rings is 2. The fraction of sp³-hybridized carbons (Fsp3) is 0.200. The minimum Gasteiger partial charge on any atom is -0.271 e. The summed E-state index contributed by atoms with van der Waals surface area (Å²) in [6, 6.07) is 11.7. The molecule has 2 aromatic rings. The number of hydrogen-bond donors (Lipinski definition) is 2. The Kier molecular flexibility index (Phi) is 5.47. The average molecular weight is 374 g/mol. The van der Waals surface area contributed by atoms with Gasteiger partial charge in [-0.05, 0) is 42.2 Å². The molecule has 5 heteroatoms. The summed E-state index contributed by atoms with van der Waals surface area (Å²) in [5.74, 6) is 5.69. The van der Waals surface area contributed by atoms with Crippen LogP contribution < -0.4 is 11.3 Å². The van der Waals surface area contributed by atoms with Gasteiger partial charge in [-0.15, -0.1) is 0 Å². The molecule has 0 heterocycles. The van der Waals surface area contributed by atoms with Crippen LogP contribution in [0.2, 0.25) is 10.0 Å². The molecule has 1 unspecified atom stereocenters. The summed E-state index contributed by atoms with van der Waals surface area (Å²) in [5, 5.41) is 1.45. The molecule has 20 heavy (non-hydrogen) atoms. The largest absolute Gasteiger partial charge is 0.271 e. The normalized spacial score (nSPS) is 12.4. The van der Waals surface area contributed by atoms with Crippen molar-refractivity contribution in [2.75, 3.05) is 0 Å². The molecular weight excluding hydrogens is 359 g/mol. The highest BCUT2D eigenvalue weighted by atomic mass is 79.9. The maximum Gasteiger partial charge on any atom is 0.0515 e. The van der Waals surface area contributed by atoms with E-state index in [1.54, 1.807) is 0 Å². The SMILES string of the molecule is Cc1cccc(C(Cc2ccc(Br)cc2Cl)NN)c1Cl. The van der Waals surface area contributed by atoms with Gasteiger partial charge in [0.25, 0.3) is 0 Å². The zero-order chi connectivity index (χ0) is 14.7. The van der Waals surface area contributed by atoms with E-state index in [2.05, 4.69) is 21.4 Å². The van der Waals surface area contributed by atoms with Crippen molar-refractivity contribution >= 4 is 39.1 Å². The molecule has 2 rings (SSSR count). The fourth-order valence-corrected chi connectivity index (χ4v) is 3.11. The highest BCUT2D eigenvalue weighted by Gasteiger charge is 2.16. The van der Waals surface area contributed by atoms with Gasteiger partial charge in [-0.2, -0.15) is 0 Å². The third kappa shape index (κ3) is 3.54. The fourth-order valence-electron chi connectivity index (χ4n) is 2.11. The molecule has 0 fully saturated rings. The number of hydrogen-bond acceptors (Lipinski definition) is 2. The molecule has 2 aromatic carbocycles. The van der Waals surface area contributed by atoms with Crippen LogP contribution in [0.25, 0.3) is 0 Å². The zero-order valence-electron chi connectivity index (χ0n) is 11.0. The first-order valence-electron chi connectivity index (χ1n) is 6.18. The zero-order valence-corrected chi connectivity index (χ0v) is 14.1. The summed E-state index contributed by atoms with van der Waals surface area (Å²) < 4.78 is 0.956. The number of nitrogens with two attached hydrogens (primary N) is 1. The lowest BCUT2D eigenvalue weighted by Gasteiger charge is -2.19. The van der Waals surface area contributed by atoms with E-state index >= 15 is 0 Å². The van der Waals surface area contributed by atoms with E-state index in [0.717, 1.165) is 26.2 Å². The first-order chi connectivity index (χ1) is 9.52. The molecule has 0 saturated heterocycles. The van der Waals surface area contributed by atoms with E-state index in [-0.39, 0.29) is 6.04 Å². The van der Waals surface area contributed by atoms with Gasteiger partial charge in [0.2, 0.25) is 0 Å². The highest BCUT2D eigenvalue weighted by molar-refractivity contribution is 9.10. The van der Waals surface area contributed by atoms with Crippen molar-refractivity contribution in [2.24, 2.45) is 5.84 Å². The van der Waals surface area contributed by atoms with Crippen LogP contribution in [0.5, 0.6) is 0 Å². The predicted octanol–water partition coefficient (Wildman–Crippen LogP) is 4.81. The number of aryl methyl sites for hydroxylation is 1. The smallest absolute Gasteiger partial charge is 0.0515 e. The van der Waals surface area contributed by atoms with Crippen LogP contribution in [0.15, 0.2) is 40.9 Å². The summed E-state index contributed by atoms with van der Waals surface area (Å²) >= 11 is 16.0. The van der Waals surface area contributed by atoms with E-state index in [9.17, 15) is 0 Å². The summed E-state index contributed by atoms with van der Waals surface area (Å²) in [5.41, 5.74) is 5.86. The molecular formula is C15H15BrCl2N2. The Balaban J connectivity index is 2.31. The Bertz CT molecular complexity index is 617. The van der Waals surface area contributed by atoms with Gasteiger partial charge in [0.1, 0.15) is 0 Å². The molecule has 0 aromatic heterocycles. The molecule has 0 saturated carbocycles. The van der Waals surface area contributed by atoms with Crippen molar-refractivity contribution in [3.8, 4) is 0 Å². The van der Waals surface area contributed by atoms with Crippen LogP contribution in [0.4, 0.5) is 0 Å². The summed E-state index contributed by atoms with van der Waals surface area (Å²) in [7, 11) is 0. The second-order valence-corrected chi connectivity index (χ2v) is 6.34. The van der Waals surface area contributed by atoms with E-state index in [1.807, 2.05) is 43.3 Å². The van der Waals surface area contributed by atoms with Gasteiger partial charge in [-0.1, -0.05) is 63.4 Å². The summed E-state index contributed by atoms with van der Waals surface area (Å²) in [6.07, 6.45) is 0.672. The number of nitrogens with one attached hydrogen (secondary N) is 1. The highest BCUT2D eigenvalue weighted by Crippen LogP contribution is 2.30. The van der Waals surface area contributed by atoms with Gasteiger partial charge >= 0.3 is 0 Å². The van der Waals surface area contributed by atoms with Crippen molar-refractivity contribution in [2.45, 2.75) is 19.4 Å². The van der Waals surface area contributed by atoms with Gasteiger partial charge in [0.15, 0.2) is 0 Å². The quantitative estimate of drug-likeness (QED) is 0.596. The standard InChI is InChI=1S/C15H15BrCl2N2/c1-9-3-2-4-12(15(9)18)14(20-19)7-10-5-6-11(16)8-13(10)17/h2-6,8,14,20H,7,19H2,1H3. The van der Waals surface area contributed by atoms with Crippen molar-refractivity contribution in [1.82, 2.24) is 5.43 Å². The van der Waals surface area contributed by atoms with Crippen molar-refractivity contribution in [3.05, 3.63) is 67.6 Å². The summed E-state index contributed by atoms with van der Waals surface area (Å²) in [4.78, 5) is 0. The van der Waals surface area contributed by atoms with Gasteiger partial charge in [-0.25, -0.2) is 0 Å². The number of hydrazine groups is 1. The van der Waals surface area contributed by atoms with Crippen LogP contribution in [-0.4, -0.2) is 0 Å². The molecule has 0 aliphatic heterocycles. The van der Waals surface area contributed by atoms with Crippen molar-refractivity contribution in [1.29, 1.82) is 0 Å². The van der Waals surface area contributed by atoms with E-state index in [4.69, 9.17) is 29.0 Å².